The number of hydrogen-bond donors (Lipinski definition) is 3. The summed E-state index contributed by atoms with van der Waals surface area (Å²) in [5.74, 6) is -0.313. The zero-order valence-electron chi connectivity index (χ0n) is 21.0. The van der Waals surface area contributed by atoms with E-state index in [2.05, 4.69) is 30.6 Å². The SMILES string of the molecule is Cc1ccc(C(=O)Nc2cc(-n3cnc(CO)c3)cc(C(F)(F)F)c2)cc1Nc1nccc(-c2cccnc2)n1. The third-order valence-corrected chi connectivity index (χ3v) is 5.96. The van der Waals surface area contributed by atoms with Gasteiger partial charge in [0.1, 0.15) is 0 Å². The van der Waals surface area contributed by atoms with Crippen molar-refractivity contribution in [1.82, 2.24) is 24.5 Å². The average Bonchev–Trinajstić information content (AvgIpc) is 3.44. The number of carbonyl (C=O) groups is 1. The topological polar surface area (TPSA) is 118 Å². The Morgan fingerprint density at radius 2 is 1.90 bits per heavy atom. The number of benzene rings is 2. The van der Waals surface area contributed by atoms with Crippen molar-refractivity contribution in [3.63, 3.8) is 0 Å². The first kappa shape index (κ1) is 26.5. The number of nitrogens with one attached hydrogen (secondary N) is 2. The molecule has 5 rings (SSSR count). The number of pyridine rings is 1. The van der Waals surface area contributed by atoms with Crippen molar-refractivity contribution < 1.29 is 23.1 Å². The van der Waals surface area contributed by atoms with Crippen LogP contribution in [0.5, 0.6) is 0 Å². The molecule has 2 aromatic carbocycles. The molecule has 40 heavy (non-hydrogen) atoms. The smallest absolute Gasteiger partial charge is 0.390 e. The van der Waals surface area contributed by atoms with Crippen molar-refractivity contribution in [2.24, 2.45) is 0 Å². The largest absolute Gasteiger partial charge is 0.416 e. The Labute approximate surface area is 226 Å². The van der Waals surface area contributed by atoms with E-state index in [9.17, 15) is 23.1 Å². The van der Waals surface area contributed by atoms with Crippen molar-refractivity contribution >= 4 is 23.2 Å². The van der Waals surface area contributed by atoms with Crippen LogP contribution in [-0.2, 0) is 12.8 Å². The highest BCUT2D eigenvalue weighted by Gasteiger charge is 2.31. The number of aliphatic hydroxyl groups is 1. The normalized spacial score (nSPS) is 11.3. The monoisotopic (exact) mass is 545 g/mol. The Bertz CT molecular complexity index is 1670. The lowest BCUT2D eigenvalue weighted by molar-refractivity contribution is -0.137. The fraction of sp³-hybridized carbons (Fsp3) is 0.107. The lowest BCUT2D eigenvalue weighted by Gasteiger charge is -2.14. The second-order valence-electron chi connectivity index (χ2n) is 8.81. The van der Waals surface area contributed by atoms with Crippen LogP contribution in [0, 0.1) is 6.92 Å². The summed E-state index contributed by atoms with van der Waals surface area (Å²) in [6, 6.07) is 13.4. The summed E-state index contributed by atoms with van der Waals surface area (Å²) in [7, 11) is 0. The van der Waals surface area contributed by atoms with Gasteiger partial charge in [0, 0.05) is 53.0 Å². The Morgan fingerprint density at radius 3 is 2.62 bits per heavy atom. The number of nitrogens with zero attached hydrogens (tertiary/aromatic N) is 5. The maximum Gasteiger partial charge on any atom is 0.416 e. The van der Waals surface area contributed by atoms with Crippen molar-refractivity contribution in [2.75, 3.05) is 10.6 Å². The Hall–Kier alpha value is -5.10. The first-order valence-corrected chi connectivity index (χ1v) is 12.0. The second-order valence-corrected chi connectivity index (χ2v) is 8.81. The van der Waals surface area contributed by atoms with E-state index in [-0.39, 0.29) is 29.2 Å². The van der Waals surface area contributed by atoms with Gasteiger partial charge in [0.2, 0.25) is 5.95 Å². The highest BCUT2D eigenvalue weighted by molar-refractivity contribution is 6.05. The van der Waals surface area contributed by atoms with Gasteiger partial charge in [-0.25, -0.2) is 15.0 Å². The number of rotatable bonds is 7. The van der Waals surface area contributed by atoms with E-state index in [1.54, 1.807) is 48.9 Å². The summed E-state index contributed by atoms with van der Waals surface area (Å²) in [5, 5.41) is 14.9. The minimum absolute atomic E-state index is 0.0586. The predicted molar refractivity (Wildman–Crippen MR) is 142 cm³/mol. The molecule has 0 aliphatic heterocycles. The molecule has 9 nitrogen and oxygen atoms in total. The van der Waals surface area contributed by atoms with Crippen LogP contribution in [0.2, 0.25) is 0 Å². The summed E-state index contributed by atoms with van der Waals surface area (Å²) >= 11 is 0. The number of halogens is 3. The van der Waals surface area contributed by atoms with Crippen LogP contribution in [0.1, 0.15) is 27.2 Å². The van der Waals surface area contributed by atoms with Crippen LogP contribution in [0.4, 0.5) is 30.5 Å². The molecule has 0 bridgehead atoms. The van der Waals surface area contributed by atoms with Gasteiger partial charge in [0.25, 0.3) is 5.91 Å². The van der Waals surface area contributed by atoms with E-state index in [1.165, 1.54) is 23.2 Å². The third-order valence-electron chi connectivity index (χ3n) is 5.96. The summed E-state index contributed by atoms with van der Waals surface area (Å²) in [6.45, 7) is 1.47. The molecule has 0 aliphatic rings. The van der Waals surface area contributed by atoms with Crippen LogP contribution in [0.15, 0.2) is 85.7 Å². The lowest BCUT2D eigenvalue weighted by atomic mass is 10.1. The molecule has 202 valence electrons. The van der Waals surface area contributed by atoms with Gasteiger partial charge in [-0.2, -0.15) is 13.2 Å². The zero-order chi connectivity index (χ0) is 28.3. The van der Waals surface area contributed by atoms with Gasteiger partial charge in [-0.15, -0.1) is 0 Å². The maximum atomic E-state index is 13.6. The van der Waals surface area contributed by atoms with Gasteiger partial charge in [-0.05, 0) is 61.0 Å². The number of imidazole rings is 1. The molecule has 3 heterocycles. The molecule has 0 saturated carbocycles. The molecule has 0 spiro atoms. The number of carbonyl (C=O) groups excluding carboxylic acids is 1. The standard InChI is InChI=1S/C28H22F3N7O2/c1-17-4-5-18(9-25(17)37-27-33-8-6-24(36-27)19-3-2-7-32-13-19)26(40)35-21-10-20(28(29,30)31)11-23(12-21)38-14-22(15-39)34-16-38/h2-14,16,39H,15H2,1H3,(H,35,40)(H,33,36,37). The molecule has 0 radical (unpaired) electrons. The number of aryl methyl sites for hydroxylation is 1. The zero-order valence-corrected chi connectivity index (χ0v) is 21.0. The van der Waals surface area contributed by atoms with Crippen molar-refractivity contribution in [3.05, 3.63) is 108 Å². The molecule has 3 N–H and O–H groups in total. The number of aliphatic hydroxyl groups excluding tert-OH is 1. The molecule has 0 atom stereocenters. The lowest BCUT2D eigenvalue weighted by Crippen LogP contribution is -2.14. The first-order chi connectivity index (χ1) is 19.2. The number of anilines is 3. The molecule has 0 aliphatic carbocycles. The molecule has 12 heteroatoms. The van der Waals surface area contributed by atoms with E-state index in [4.69, 9.17) is 0 Å². The number of aromatic nitrogens is 5. The number of alkyl halides is 3. The van der Waals surface area contributed by atoms with E-state index in [0.717, 1.165) is 23.3 Å². The van der Waals surface area contributed by atoms with Crippen LogP contribution >= 0.6 is 0 Å². The maximum absolute atomic E-state index is 13.6. The van der Waals surface area contributed by atoms with Gasteiger partial charge < -0.3 is 20.3 Å². The van der Waals surface area contributed by atoms with E-state index in [0.29, 0.717) is 17.3 Å². The van der Waals surface area contributed by atoms with Gasteiger partial charge in [-0.1, -0.05) is 6.07 Å². The number of amides is 1. The predicted octanol–water partition coefficient (Wildman–Crippen LogP) is 5.54. The highest BCUT2D eigenvalue weighted by Crippen LogP contribution is 2.33. The van der Waals surface area contributed by atoms with Crippen LogP contribution < -0.4 is 10.6 Å². The quantitative estimate of drug-likeness (QED) is 0.246. The Kier molecular flexibility index (Phi) is 7.25. The molecule has 0 unspecified atom stereocenters. The van der Waals surface area contributed by atoms with Gasteiger partial charge in [0.15, 0.2) is 0 Å². The molecule has 3 aromatic heterocycles. The molecule has 0 fully saturated rings. The van der Waals surface area contributed by atoms with E-state index in [1.807, 2.05) is 13.0 Å². The number of hydrogen-bond acceptors (Lipinski definition) is 7. The summed E-state index contributed by atoms with van der Waals surface area (Å²) in [5.41, 5.74) is 2.42. The van der Waals surface area contributed by atoms with Crippen LogP contribution in [-0.4, -0.2) is 35.5 Å². The minimum atomic E-state index is -4.65. The molecule has 5 aromatic rings. The van der Waals surface area contributed by atoms with E-state index >= 15 is 0 Å². The van der Waals surface area contributed by atoms with Crippen molar-refractivity contribution in [1.29, 1.82) is 0 Å². The van der Waals surface area contributed by atoms with Gasteiger partial charge in [-0.3, -0.25) is 9.78 Å². The Balaban J connectivity index is 1.40. The second kappa shape index (κ2) is 10.9. The molecular formula is C28H22F3N7O2. The fourth-order valence-corrected chi connectivity index (χ4v) is 3.90. The first-order valence-electron chi connectivity index (χ1n) is 12.0. The highest BCUT2D eigenvalue weighted by atomic mass is 19.4. The molecule has 1 amide bonds. The van der Waals surface area contributed by atoms with Gasteiger partial charge >= 0.3 is 6.18 Å². The van der Waals surface area contributed by atoms with Crippen LogP contribution in [0.3, 0.4) is 0 Å². The van der Waals surface area contributed by atoms with Gasteiger partial charge in [0.05, 0.1) is 29.9 Å². The molecule has 0 saturated heterocycles. The van der Waals surface area contributed by atoms with E-state index < -0.39 is 17.6 Å². The van der Waals surface area contributed by atoms with Crippen molar-refractivity contribution in [2.45, 2.75) is 19.7 Å². The van der Waals surface area contributed by atoms with Crippen LogP contribution in [0.25, 0.3) is 16.9 Å². The molecular weight excluding hydrogens is 523 g/mol. The summed E-state index contributed by atoms with van der Waals surface area (Å²) in [6.07, 6.45) is 2.98. The minimum Gasteiger partial charge on any atom is -0.390 e. The third kappa shape index (κ3) is 5.97. The Morgan fingerprint density at radius 1 is 1.05 bits per heavy atom. The fourth-order valence-electron chi connectivity index (χ4n) is 3.90. The summed E-state index contributed by atoms with van der Waals surface area (Å²) < 4.78 is 42.2. The summed E-state index contributed by atoms with van der Waals surface area (Å²) in [4.78, 5) is 29.9. The van der Waals surface area contributed by atoms with Crippen molar-refractivity contribution in [3.8, 4) is 16.9 Å². The average molecular weight is 546 g/mol.